The quantitative estimate of drug-likeness (QED) is 0.274. The molecular weight excluding hydrogens is 416 g/mol. The van der Waals surface area contributed by atoms with Crippen LogP contribution in [0.1, 0.15) is 120 Å². The van der Waals surface area contributed by atoms with Gasteiger partial charge in [-0.15, -0.1) is 0 Å². The van der Waals surface area contributed by atoms with Crippen LogP contribution in [0.15, 0.2) is 42.5 Å². The number of aliphatic hydroxyl groups is 1. The normalized spacial score (nSPS) is 14.0. The van der Waals surface area contributed by atoms with Gasteiger partial charge in [-0.2, -0.15) is 0 Å². The maximum atomic E-state index is 11.1. The topological polar surface area (TPSA) is 40.5 Å². The van der Waals surface area contributed by atoms with Crippen molar-refractivity contribution in [3.63, 3.8) is 0 Å². The Morgan fingerprint density at radius 2 is 1.32 bits per heavy atom. The fourth-order valence-corrected chi connectivity index (χ4v) is 5.18. The molecule has 2 heteroatoms. The number of aromatic hydroxyl groups is 1. The van der Waals surface area contributed by atoms with E-state index in [1.165, 1.54) is 54.4 Å². The van der Waals surface area contributed by atoms with Crippen LogP contribution in [0.4, 0.5) is 0 Å². The van der Waals surface area contributed by atoms with Crippen LogP contribution < -0.4 is 0 Å². The molecule has 2 aromatic rings. The first kappa shape index (κ1) is 28.2. The number of benzene rings is 2. The number of phenols is 1. The van der Waals surface area contributed by atoms with Gasteiger partial charge in [0.15, 0.2) is 0 Å². The molecule has 0 amide bonds. The van der Waals surface area contributed by atoms with E-state index < -0.39 is 5.60 Å². The first-order valence-electron chi connectivity index (χ1n) is 13.6. The molecule has 188 valence electrons. The van der Waals surface area contributed by atoms with Crippen LogP contribution in [-0.4, -0.2) is 15.8 Å². The molecule has 0 fully saturated rings. The van der Waals surface area contributed by atoms with Crippen LogP contribution in [0.2, 0.25) is 0 Å². The Kier molecular flexibility index (Phi) is 10.9. The first-order chi connectivity index (χ1) is 16.2. The number of unbranched alkanes of at least 4 members (excludes halogenated alkanes) is 5. The van der Waals surface area contributed by atoms with Crippen LogP contribution in [0, 0.1) is 13.8 Å². The summed E-state index contributed by atoms with van der Waals surface area (Å²) in [5, 5.41) is 21.2. The zero-order valence-electron chi connectivity index (χ0n) is 22.6. The van der Waals surface area contributed by atoms with E-state index in [0.29, 0.717) is 5.75 Å². The number of hydrogen-bond acceptors (Lipinski definition) is 2. The molecular formula is C32H48O2. The van der Waals surface area contributed by atoms with Gasteiger partial charge < -0.3 is 10.2 Å². The van der Waals surface area contributed by atoms with E-state index in [-0.39, 0.29) is 5.41 Å². The van der Waals surface area contributed by atoms with Crippen LogP contribution in [0.25, 0.3) is 6.08 Å². The lowest BCUT2D eigenvalue weighted by Crippen LogP contribution is -2.26. The molecule has 0 aromatic heterocycles. The van der Waals surface area contributed by atoms with Crippen molar-refractivity contribution in [2.75, 3.05) is 0 Å². The van der Waals surface area contributed by atoms with Gasteiger partial charge >= 0.3 is 0 Å². The molecule has 1 unspecified atom stereocenters. The summed E-state index contributed by atoms with van der Waals surface area (Å²) < 4.78 is 0. The largest absolute Gasteiger partial charge is 0.508 e. The molecule has 34 heavy (non-hydrogen) atoms. The van der Waals surface area contributed by atoms with E-state index in [1.54, 1.807) is 0 Å². The molecule has 0 spiro atoms. The zero-order chi connectivity index (χ0) is 25.2. The highest BCUT2D eigenvalue weighted by atomic mass is 16.3. The Hall–Kier alpha value is -2.06. The van der Waals surface area contributed by atoms with Crippen molar-refractivity contribution in [3.8, 4) is 5.75 Å². The molecule has 0 bridgehead atoms. The van der Waals surface area contributed by atoms with Gasteiger partial charge in [-0.1, -0.05) is 109 Å². The van der Waals surface area contributed by atoms with Crippen LogP contribution in [-0.2, 0) is 5.41 Å². The maximum Gasteiger partial charge on any atom is 0.118 e. The number of phenolic OH excluding ortho intramolecular Hbond substituents is 1. The van der Waals surface area contributed by atoms with Gasteiger partial charge in [-0.3, -0.25) is 0 Å². The van der Waals surface area contributed by atoms with Crippen LogP contribution in [0.3, 0.4) is 0 Å². The molecule has 0 aliphatic carbocycles. The van der Waals surface area contributed by atoms with E-state index in [9.17, 15) is 10.2 Å². The second-order valence-corrected chi connectivity index (χ2v) is 10.2. The Morgan fingerprint density at radius 3 is 1.88 bits per heavy atom. The molecule has 0 heterocycles. The number of rotatable bonds is 14. The summed E-state index contributed by atoms with van der Waals surface area (Å²) in [6.45, 7) is 13.0. The summed E-state index contributed by atoms with van der Waals surface area (Å²) in [5.74, 6) is 0.353. The zero-order valence-corrected chi connectivity index (χ0v) is 22.6. The molecule has 0 aliphatic heterocycles. The van der Waals surface area contributed by atoms with E-state index in [1.807, 2.05) is 19.1 Å². The van der Waals surface area contributed by atoms with Gasteiger partial charge in [0.2, 0.25) is 0 Å². The van der Waals surface area contributed by atoms with Gasteiger partial charge in [0.05, 0.1) is 5.60 Å². The van der Waals surface area contributed by atoms with Crippen molar-refractivity contribution in [2.45, 2.75) is 117 Å². The Morgan fingerprint density at radius 1 is 0.735 bits per heavy atom. The summed E-state index contributed by atoms with van der Waals surface area (Å²) in [6, 6.07) is 12.8. The van der Waals surface area contributed by atoms with E-state index in [4.69, 9.17) is 0 Å². The predicted octanol–water partition coefficient (Wildman–Crippen LogP) is 9.02. The van der Waals surface area contributed by atoms with Gasteiger partial charge in [0.25, 0.3) is 0 Å². The minimum absolute atomic E-state index is 0.0760. The lowest BCUT2D eigenvalue weighted by atomic mass is 9.70. The second-order valence-electron chi connectivity index (χ2n) is 10.2. The Labute approximate surface area is 209 Å². The summed E-state index contributed by atoms with van der Waals surface area (Å²) in [4.78, 5) is 0. The lowest BCUT2D eigenvalue weighted by molar-refractivity contribution is 0.0752. The van der Waals surface area contributed by atoms with Gasteiger partial charge in [0.1, 0.15) is 5.75 Å². The van der Waals surface area contributed by atoms with Crippen molar-refractivity contribution < 1.29 is 10.2 Å². The highest BCUT2D eigenvalue weighted by Crippen LogP contribution is 2.41. The Bertz CT molecular complexity index is 923. The van der Waals surface area contributed by atoms with Crippen molar-refractivity contribution in [1.82, 2.24) is 0 Å². The summed E-state index contributed by atoms with van der Waals surface area (Å²) in [7, 11) is 0. The van der Waals surface area contributed by atoms with Crippen molar-refractivity contribution in [1.29, 1.82) is 0 Å². The van der Waals surface area contributed by atoms with E-state index in [0.717, 1.165) is 37.7 Å². The Balaban J connectivity index is 2.22. The third kappa shape index (κ3) is 6.98. The fourth-order valence-electron chi connectivity index (χ4n) is 5.18. The molecule has 2 N–H and O–H groups in total. The number of aryl methyl sites for hydroxylation is 2. The third-order valence-corrected chi connectivity index (χ3v) is 7.93. The molecule has 2 aromatic carbocycles. The SMILES string of the molecule is CCCCCCCCC(O)(/C=C/c1ccc(C(CC)(CC)c2ccc(O)c(C)c2)cc1C)CC. The van der Waals surface area contributed by atoms with Gasteiger partial charge in [0, 0.05) is 5.41 Å². The predicted molar refractivity (Wildman–Crippen MR) is 148 cm³/mol. The third-order valence-electron chi connectivity index (χ3n) is 7.93. The molecule has 0 saturated carbocycles. The van der Waals surface area contributed by atoms with E-state index in [2.05, 4.69) is 71.0 Å². The van der Waals surface area contributed by atoms with Gasteiger partial charge in [-0.05, 0) is 73.4 Å². The minimum Gasteiger partial charge on any atom is -0.508 e. The molecule has 0 saturated heterocycles. The van der Waals surface area contributed by atoms with Crippen LogP contribution in [0.5, 0.6) is 5.75 Å². The van der Waals surface area contributed by atoms with E-state index >= 15 is 0 Å². The monoisotopic (exact) mass is 464 g/mol. The summed E-state index contributed by atoms with van der Waals surface area (Å²) >= 11 is 0. The average Bonchev–Trinajstić information content (AvgIpc) is 2.84. The number of hydrogen-bond donors (Lipinski definition) is 2. The average molecular weight is 465 g/mol. The van der Waals surface area contributed by atoms with Crippen molar-refractivity contribution in [3.05, 3.63) is 70.3 Å². The molecule has 0 radical (unpaired) electrons. The highest BCUT2D eigenvalue weighted by Gasteiger charge is 2.31. The summed E-state index contributed by atoms with van der Waals surface area (Å²) in [6.07, 6.45) is 15.2. The van der Waals surface area contributed by atoms with Crippen molar-refractivity contribution in [2.24, 2.45) is 0 Å². The smallest absolute Gasteiger partial charge is 0.118 e. The minimum atomic E-state index is -0.726. The lowest BCUT2D eigenvalue weighted by Gasteiger charge is -2.34. The van der Waals surface area contributed by atoms with Gasteiger partial charge in [-0.25, -0.2) is 0 Å². The molecule has 2 rings (SSSR count). The highest BCUT2D eigenvalue weighted by molar-refractivity contribution is 5.57. The second kappa shape index (κ2) is 13.1. The summed E-state index contributed by atoms with van der Waals surface area (Å²) in [5.41, 5.74) is 5.09. The first-order valence-corrected chi connectivity index (χ1v) is 13.6. The van der Waals surface area contributed by atoms with Crippen LogP contribution >= 0.6 is 0 Å². The molecule has 0 aliphatic rings. The maximum absolute atomic E-state index is 11.1. The molecule has 1 atom stereocenters. The fraction of sp³-hybridized carbons (Fsp3) is 0.562. The van der Waals surface area contributed by atoms with Crippen molar-refractivity contribution >= 4 is 6.08 Å². The standard InChI is InChI=1S/C32H48O2/c1-7-11-12-13-14-15-21-31(34,8-2)22-20-27-16-17-28(23-25(27)5)32(9-3,10-4)29-18-19-30(33)26(6)24-29/h16-20,22-24,33-34H,7-15,21H2,1-6H3/b22-20+. The molecule has 2 nitrogen and oxygen atoms in total.